The molecule has 31 heavy (non-hydrogen) atoms. The molecular weight excluding hydrogens is 408 g/mol. The van der Waals surface area contributed by atoms with E-state index >= 15 is 0 Å². The molecule has 154 valence electrons. The van der Waals surface area contributed by atoms with Crippen LogP contribution in [0.25, 0.3) is 21.5 Å². The second-order valence-electron chi connectivity index (χ2n) is 7.57. The molecular formula is C25H20N2O3S. The first-order valence-electron chi connectivity index (χ1n) is 10.1. The monoisotopic (exact) mass is 428 g/mol. The highest BCUT2D eigenvalue weighted by Crippen LogP contribution is 2.32. The van der Waals surface area contributed by atoms with Crippen LogP contribution in [0.15, 0.2) is 72.1 Å². The lowest BCUT2D eigenvalue weighted by Crippen LogP contribution is -2.38. The number of thiophene rings is 1. The summed E-state index contributed by atoms with van der Waals surface area (Å²) >= 11 is 1.56. The van der Waals surface area contributed by atoms with Crippen molar-refractivity contribution in [2.75, 3.05) is 11.5 Å². The van der Waals surface area contributed by atoms with Crippen LogP contribution in [0.5, 0.6) is 0 Å². The second kappa shape index (κ2) is 7.96. The molecule has 6 heteroatoms. The molecule has 0 unspecified atom stereocenters. The largest absolute Gasteiger partial charge is 0.452 e. The van der Waals surface area contributed by atoms with Gasteiger partial charge >= 0.3 is 5.97 Å². The summed E-state index contributed by atoms with van der Waals surface area (Å²) in [4.78, 5) is 33.3. The van der Waals surface area contributed by atoms with Crippen molar-refractivity contribution < 1.29 is 14.3 Å². The minimum absolute atomic E-state index is 0.0378. The number of carbonyl (C=O) groups is 2. The molecule has 0 bridgehead atoms. The first kappa shape index (κ1) is 19.5. The summed E-state index contributed by atoms with van der Waals surface area (Å²) in [6.07, 6.45) is 0.801. The van der Waals surface area contributed by atoms with Gasteiger partial charge in [-0.3, -0.25) is 4.79 Å². The van der Waals surface area contributed by atoms with Crippen LogP contribution < -0.4 is 4.90 Å². The first-order chi connectivity index (χ1) is 15.1. The number of anilines is 1. The van der Waals surface area contributed by atoms with Crippen LogP contribution in [0.2, 0.25) is 0 Å². The summed E-state index contributed by atoms with van der Waals surface area (Å²) in [6, 6.07) is 21.0. The molecule has 0 saturated carbocycles. The first-order valence-corrected chi connectivity index (χ1v) is 11.0. The van der Waals surface area contributed by atoms with Crippen molar-refractivity contribution in [3.05, 3.63) is 83.2 Å². The van der Waals surface area contributed by atoms with Crippen LogP contribution in [-0.4, -0.2) is 29.5 Å². The molecule has 0 fully saturated rings. The minimum atomic E-state index is -0.523. The molecule has 2 aromatic heterocycles. The summed E-state index contributed by atoms with van der Waals surface area (Å²) < 4.78 is 5.49. The van der Waals surface area contributed by atoms with Gasteiger partial charge in [-0.2, -0.15) is 0 Å². The lowest BCUT2D eigenvalue weighted by Gasteiger charge is -2.22. The lowest BCUT2D eigenvalue weighted by molar-refractivity contribution is -0.122. The van der Waals surface area contributed by atoms with Gasteiger partial charge in [0.1, 0.15) is 0 Å². The van der Waals surface area contributed by atoms with E-state index in [1.54, 1.807) is 22.3 Å². The van der Waals surface area contributed by atoms with E-state index in [2.05, 4.69) is 4.98 Å². The van der Waals surface area contributed by atoms with Gasteiger partial charge in [-0.15, -0.1) is 11.3 Å². The normalized spacial score (nSPS) is 15.1. The van der Waals surface area contributed by atoms with Crippen molar-refractivity contribution in [1.29, 1.82) is 0 Å². The Hall–Kier alpha value is -3.51. The predicted octanol–water partition coefficient (Wildman–Crippen LogP) is 5.10. The lowest BCUT2D eigenvalue weighted by atomic mass is 10.1. The highest BCUT2D eigenvalue weighted by Gasteiger charge is 2.31. The highest BCUT2D eigenvalue weighted by molar-refractivity contribution is 7.13. The summed E-state index contributed by atoms with van der Waals surface area (Å²) in [7, 11) is 0. The van der Waals surface area contributed by atoms with Gasteiger partial charge in [-0.05, 0) is 48.6 Å². The number of para-hydroxylation sites is 2. The number of pyridine rings is 1. The van der Waals surface area contributed by atoms with E-state index in [9.17, 15) is 9.59 Å². The van der Waals surface area contributed by atoms with E-state index in [4.69, 9.17) is 4.74 Å². The summed E-state index contributed by atoms with van der Waals surface area (Å²) in [6.45, 7) is 1.70. The molecule has 1 atom stereocenters. The highest BCUT2D eigenvalue weighted by atomic mass is 32.1. The standard InChI is InChI=1S/C25H20N2O3S/c1-16-13-17-7-2-5-10-22(17)27(16)24(28)15-30-25(29)19-14-21(23-11-6-12-31-23)26-20-9-4-3-8-18(19)20/h2-12,14,16H,13,15H2,1H3/t16-/m1/s1. The van der Waals surface area contributed by atoms with Crippen molar-refractivity contribution in [2.45, 2.75) is 19.4 Å². The number of hydrogen-bond acceptors (Lipinski definition) is 5. The molecule has 5 nitrogen and oxygen atoms in total. The molecule has 2 aromatic carbocycles. The van der Waals surface area contributed by atoms with Gasteiger partial charge in [-0.1, -0.05) is 42.5 Å². The van der Waals surface area contributed by atoms with Gasteiger partial charge in [0.25, 0.3) is 5.91 Å². The fourth-order valence-electron chi connectivity index (χ4n) is 4.11. The molecule has 1 amide bonds. The third kappa shape index (κ3) is 3.59. The number of carbonyl (C=O) groups excluding carboxylic acids is 2. The third-order valence-corrected chi connectivity index (χ3v) is 6.40. The van der Waals surface area contributed by atoms with Crippen LogP contribution in [0.4, 0.5) is 5.69 Å². The molecule has 4 aromatic rings. The SMILES string of the molecule is C[C@@H]1Cc2ccccc2N1C(=O)COC(=O)c1cc(-c2cccs2)nc2ccccc12. The number of aromatic nitrogens is 1. The zero-order chi connectivity index (χ0) is 21.4. The van der Waals surface area contributed by atoms with Crippen molar-refractivity contribution in [1.82, 2.24) is 4.98 Å². The Balaban J connectivity index is 1.40. The molecule has 5 rings (SSSR count). The van der Waals surface area contributed by atoms with Gasteiger partial charge < -0.3 is 9.64 Å². The molecule has 0 N–H and O–H groups in total. The van der Waals surface area contributed by atoms with Crippen LogP contribution in [-0.2, 0) is 16.0 Å². The van der Waals surface area contributed by atoms with Gasteiger partial charge in [0.2, 0.25) is 0 Å². The van der Waals surface area contributed by atoms with E-state index in [-0.39, 0.29) is 18.6 Å². The Morgan fingerprint density at radius 2 is 1.90 bits per heavy atom. The third-order valence-electron chi connectivity index (χ3n) is 5.51. The van der Waals surface area contributed by atoms with Crippen molar-refractivity contribution in [2.24, 2.45) is 0 Å². The molecule has 0 radical (unpaired) electrons. The molecule has 3 heterocycles. The molecule has 1 aliphatic rings. The fraction of sp³-hybridized carbons (Fsp3) is 0.160. The fourth-order valence-corrected chi connectivity index (χ4v) is 4.80. The van der Waals surface area contributed by atoms with E-state index in [1.165, 1.54) is 0 Å². The quantitative estimate of drug-likeness (QED) is 0.425. The smallest absolute Gasteiger partial charge is 0.339 e. The summed E-state index contributed by atoms with van der Waals surface area (Å²) in [5.74, 6) is -0.743. The van der Waals surface area contributed by atoms with Crippen LogP contribution in [0, 0.1) is 0 Å². The average molecular weight is 429 g/mol. The van der Waals surface area contributed by atoms with Gasteiger partial charge in [-0.25, -0.2) is 9.78 Å². The number of hydrogen-bond donors (Lipinski definition) is 0. The maximum absolute atomic E-state index is 13.0. The zero-order valence-corrected chi connectivity index (χ0v) is 17.8. The molecule has 1 aliphatic heterocycles. The number of nitrogens with zero attached hydrogens (tertiary/aromatic N) is 2. The summed E-state index contributed by atoms with van der Waals surface area (Å²) in [5, 5.41) is 2.68. The number of esters is 1. The van der Waals surface area contributed by atoms with Gasteiger partial charge in [0, 0.05) is 17.1 Å². The minimum Gasteiger partial charge on any atom is -0.452 e. The van der Waals surface area contributed by atoms with E-state index in [0.29, 0.717) is 22.2 Å². The van der Waals surface area contributed by atoms with E-state index < -0.39 is 5.97 Å². The molecule has 0 spiro atoms. The Kier molecular flexibility index (Phi) is 5.00. The van der Waals surface area contributed by atoms with Crippen molar-refractivity contribution in [3.8, 4) is 10.6 Å². The van der Waals surface area contributed by atoms with E-state index in [1.807, 2.05) is 73.0 Å². The predicted molar refractivity (Wildman–Crippen MR) is 122 cm³/mol. The number of rotatable bonds is 4. The average Bonchev–Trinajstić information content (AvgIpc) is 3.44. The van der Waals surface area contributed by atoms with E-state index in [0.717, 1.165) is 22.5 Å². The van der Waals surface area contributed by atoms with Gasteiger partial charge in [0.15, 0.2) is 6.61 Å². The zero-order valence-electron chi connectivity index (χ0n) is 16.9. The van der Waals surface area contributed by atoms with Crippen LogP contribution >= 0.6 is 11.3 Å². The van der Waals surface area contributed by atoms with Crippen LogP contribution in [0.3, 0.4) is 0 Å². The Bertz CT molecular complexity index is 1280. The Labute approximate surface area is 183 Å². The van der Waals surface area contributed by atoms with Crippen molar-refractivity contribution >= 4 is 39.8 Å². The molecule has 0 aliphatic carbocycles. The number of benzene rings is 2. The topological polar surface area (TPSA) is 59.5 Å². The summed E-state index contributed by atoms with van der Waals surface area (Å²) in [5.41, 5.74) is 3.88. The maximum atomic E-state index is 13.0. The Morgan fingerprint density at radius 1 is 1.10 bits per heavy atom. The Morgan fingerprint density at radius 3 is 2.74 bits per heavy atom. The molecule has 0 saturated heterocycles. The number of amides is 1. The number of ether oxygens (including phenoxy) is 1. The number of fused-ring (bicyclic) bond motifs is 2. The van der Waals surface area contributed by atoms with Gasteiger partial charge in [0.05, 0.1) is 21.7 Å². The second-order valence-corrected chi connectivity index (χ2v) is 8.52. The van der Waals surface area contributed by atoms with Crippen LogP contribution in [0.1, 0.15) is 22.8 Å². The maximum Gasteiger partial charge on any atom is 0.339 e. The van der Waals surface area contributed by atoms with Crippen molar-refractivity contribution in [3.63, 3.8) is 0 Å².